The molecule has 27 heavy (non-hydrogen) atoms. The van der Waals surface area contributed by atoms with Crippen LogP contribution in [-0.4, -0.2) is 26.6 Å². The Hall–Kier alpha value is -2.87. The third-order valence-corrected chi connectivity index (χ3v) is 5.16. The van der Waals surface area contributed by atoms with Crippen molar-refractivity contribution in [2.75, 3.05) is 11.1 Å². The Balaban J connectivity index is 1.78. The number of hydrogen-bond donors (Lipinski definition) is 3. The summed E-state index contributed by atoms with van der Waals surface area (Å²) in [5.74, 6) is -0.233. The summed E-state index contributed by atoms with van der Waals surface area (Å²) >= 11 is 1.33. The molecule has 0 saturated heterocycles. The molecule has 0 unspecified atom stereocenters. The summed E-state index contributed by atoms with van der Waals surface area (Å²) in [6.07, 6.45) is 0.805. The molecule has 7 nitrogen and oxygen atoms in total. The van der Waals surface area contributed by atoms with E-state index in [1.165, 1.54) is 17.3 Å². The highest BCUT2D eigenvalue weighted by Crippen LogP contribution is 2.26. The second kappa shape index (κ2) is 7.79. The van der Waals surface area contributed by atoms with Crippen molar-refractivity contribution in [3.8, 4) is 0 Å². The molecule has 0 spiro atoms. The molecular formula is C19H20N4O3S. The zero-order valence-corrected chi connectivity index (χ0v) is 16.1. The first-order valence-corrected chi connectivity index (χ1v) is 9.52. The lowest BCUT2D eigenvalue weighted by Gasteiger charge is -2.10. The van der Waals surface area contributed by atoms with Gasteiger partial charge < -0.3 is 10.3 Å². The molecule has 2 aromatic heterocycles. The van der Waals surface area contributed by atoms with E-state index in [4.69, 9.17) is 0 Å². The maximum atomic E-state index is 12.3. The number of thioether (sulfide) groups is 1. The van der Waals surface area contributed by atoms with Gasteiger partial charge in [0, 0.05) is 11.1 Å². The van der Waals surface area contributed by atoms with Crippen LogP contribution < -0.4 is 16.6 Å². The lowest BCUT2D eigenvalue weighted by atomic mass is 10.1. The fourth-order valence-electron chi connectivity index (χ4n) is 2.76. The zero-order valence-electron chi connectivity index (χ0n) is 15.3. The Morgan fingerprint density at radius 3 is 2.67 bits per heavy atom. The summed E-state index contributed by atoms with van der Waals surface area (Å²) in [6, 6.07) is 8.17. The Kier molecular flexibility index (Phi) is 5.46. The van der Waals surface area contributed by atoms with Crippen LogP contribution in [0, 0.1) is 13.8 Å². The standard InChI is InChI=1S/C19H20N4O3S/c1-4-12-8-13-7-10(2)5-6-14(13)21-18(12)27-9-15(24)22-16-11(3)20-19(26)23-17(16)25/h5-8H,4,9H2,1-3H3,(H,22,24)(H2,20,23,25,26). The molecule has 1 amide bonds. The number of H-pyrrole nitrogens is 2. The molecule has 0 saturated carbocycles. The number of rotatable bonds is 5. The number of benzene rings is 1. The van der Waals surface area contributed by atoms with Gasteiger partial charge in [0.1, 0.15) is 10.7 Å². The Labute approximate surface area is 159 Å². The number of pyridine rings is 1. The van der Waals surface area contributed by atoms with E-state index in [1.807, 2.05) is 26.0 Å². The maximum absolute atomic E-state index is 12.3. The minimum atomic E-state index is -0.622. The number of nitrogens with zero attached hydrogens (tertiary/aromatic N) is 1. The van der Waals surface area contributed by atoms with Crippen molar-refractivity contribution in [2.24, 2.45) is 0 Å². The van der Waals surface area contributed by atoms with Gasteiger partial charge in [-0.2, -0.15) is 0 Å². The van der Waals surface area contributed by atoms with Crippen LogP contribution in [0.4, 0.5) is 5.69 Å². The van der Waals surface area contributed by atoms with E-state index >= 15 is 0 Å². The third-order valence-electron chi connectivity index (χ3n) is 4.12. The maximum Gasteiger partial charge on any atom is 0.326 e. The van der Waals surface area contributed by atoms with Gasteiger partial charge in [-0.1, -0.05) is 30.3 Å². The molecule has 140 valence electrons. The molecule has 0 bridgehead atoms. The first kappa shape index (κ1) is 18.9. The average Bonchev–Trinajstić information content (AvgIpc) is 2.62. The Morgan fingerprint density at radius 1 is 1.19 bits per heavy atom. The van der Waals surface area contributed by atoms with Crippen LogP contribution in [0.15, 0.2) is 38.9 Å². The minimum absolute atomic E-state index is 0.0536. The predicted octanol–water partition coefficient (Wildman–Crippen LogP) is 2.52. The number of aryl methyl sites for hydroxylation is 3. The van der Waals surface area contributed by atoms with Crippen LogP contribution in [0.1, 0.15) is 23.7 Å². The van der Waals surface area contributed by atoms with Gasteiger partial charge in [-0.25, -0.2) is 9.78 Å². The summed E-state index contributed by atoms with van der Waals surface area (Å²) in [6.45, 7) is 5.64. The zero-order chi connectivity index (χ0) is 19.6. The van der Waals surface area contributed by atoms with E-state index in [0.29, 0.717) is 5.69 Å². The molecule has 8 heteroatoms. The van der Waals surface area contributed by atoms with E-state index < -0.39 is 11.2 Å². The molecule has 0 radical (unpaired) electrons. The van der Waals surface area contributed by atoms with Gasteiger partial charge in [0.25, 0.3) is 5.56 Å². The first-order chi connectivity index (χ1) is 12.9. The minimum Gasteiger partial charge on any atom is -0.319 e. The summed E-state index contributed by atoms with van der Waals surface area (Å²) in [7, 11) is 0. The normalized spacial score (nSPS) is 10.9. The number of anilines is 1. The van der Waals surface area contributed by atoms with Crippen LogP contribution in [0.3, 0.4) is 0 Å². The number of aromatic nitrogens is 3. The van der Waals surface area contributed by atoms with Crippen LogP contribution in [0.25, 0.3) is 10.9 Å². The SMILES string of the molecule is CCc1cc2cc(C)ccc2nc1SCC(=O)Nc1c(C)[nH]c(=O)[nH]c1=O. The van der Waals surface area contributed by atoms with Crippen molar-refractivity contribution in [1.82, 2.24) is 15.0 Å². The van der Waals surface area contributed by atoms with E-state index in [9.17, 15) is 14.4 Å². The molecule has 0 aliphatic carbocycles. The van der Waals surface area contributed by atoms with E-state index in [2.05, 4.69) is 32.4 Å². The van der Waals surface area contributed by atoms with Crippen LogP contribution in [-0.2, 0) is 11.2 Å². The van der Waals surface area contributed by atoms with Crippen LogP contribution in [0.2, 0.25) is 0 Å². The summed E-state index contributed by atoms with van der Waals surface area (Å²) in [5.41, 5.74) is 2.27. The number of fused-ring (bicyclic) bond motifs is 1. The van der Waals surface area contributed by atoms with Crippen molar-refractivity contribution in [3.63, 3.8) is 0 Å². The van der Waals surface area contributed by atoms with E-state index in [1.54, 1.807) is 6.92 Å². The van der Waals surface area contributed by atoms with Gasteiger partial charge in [0.15, 0.2) is 0 Å². The molecule has 0 fully saturated rings. The van der Waals surface area contributed by atoms with E-state index in [0.717, 1.165) is 27.9 Å². The van der Waals surface area contributed by atoms with Crippen molar-refractivity contribution in [3.05, 3.63) is 61.9 Å². The summed E-state index contributed by atoms with van der Waals surface area (Å²) in [5, 5.41) is 4.44. The lowest BCUT2D eigenvalue weighted by molar-refractivity contribution is -0.113. The van der Waals surface area contributed by atoms with Gasteiger partial charge in [-0.3, -0.25) is 14.6 Å². The smallest absolute Gasteiger partial charge is 0.319 e. The fourth-order valence-corrected chi connectivity index (χ4v) is 3.65. The number of nitrogens with one attached hydrogen (secondary N) is 3. The molecule has 0 aliphatic heterocycles. The number of aromatic amines is 2. The summed E-state index contributed by atoms with van der Waals surface area (Å²) in [4.78, 5) is 44.6. The number of hydrogen-bond acceptors (Lipinski definition) is 5. The molecule has 0 aliphatic rings. The number of amides is 1. The molecular weight excluding hydrogens is 364 g/mol. The van der Waals surface area contributed by atoms with Crippen molar-refractivity contribution < 1.29 is 4.79 Å². The van der Waals surface area contributed by atoms with Crippen LogP contribution in [0.5, 0.6) is 0 Å². The Bertz CT molecular complexity index is 1130. The van der Waals surface area contributed by atoms with Crippen molar-refractivity contribution in [2.45, 2.75) is 32.2 Å². The molecule has 3 rings (SSSR count). The lowest BCUT2D eigenvalue weighted by Crippen LogP contribution is -2.29. The highest BCUT2D eigenvalue weighted by atomic mass is 32.2. The quantitative estimate of drug-likeness (QED) is 0.586. The summed E-state index contributed by atoms with van der Waals surface area (Å²) < 4.78 is 0. The van der Waals surface area contributed by atoms with Gasteiger partial charge in [0.2, 0.25) is 5.91 Å². The fraction of sp³-hybridized carbons (Fsp3) is 0.263. The van der Waals surface area contributed by atoms with Crippen molar-refractivity contribution in [1.29, 1.82) is 0 Å². The van der Waals surface area contributed by atoms with Gasteiger partial charge >= 0.3 is 5.69 Å². The molecule has 0 atom stereocenters. The van der Waals surface area contributed by atoms with Crippen molar-refractivity contribution >= 4 is 34.3 Å². The molecule has 3 aromatic rings. The number of carbonyl (C=O) groups is 1. The Morgan fingerprint density at radius 2 is 1.96 bits per heavy atom. The van der Waals surface area contributed by atoms with Gasteiger partial charge in [-0.05, 0) is 44.0 Å². The first-order valence-electron chi connectivity index (χ1n) is 8.53. The highest BCUT2D eigenvalue weighted by molar-refractivity contribution is 8.00. The largest absolute Gasteiger partial charge is 0.326 e. The van der Waals surface area contributed by atoms with Gasteiger partial charge in [0.05, 0.1) is 11.3 Å². The predicted molar refractivity (Wildman–Crippen MR) is 108 cm³/mol. The van der Waals surface area contributed by atoms with Crippen LogP contribution >= 0.6 is 11.8 Å². The topological polar surface area (TPSA) is 108 Å². The van der Waals surface area contributed by atoms with E-state index in [-0.39, 0.29) is 17.3 Å². The second-order valence-electron chi connectivity index (χ2n) is 6.25. The molecule has 2 heterocycles. The third kappa shape index (κ3) is 4.28. The number of carbonyl (C=O) groups excluding carboxylic acids is 1. The average molecular weight is 384 g/mol. The molecule has 1 aromatic carbocycles. The highest BCUT2D eigenvalue weighted by Gasteiger charge is 2.13. The molecule has 3 N–H and O–H groups in total. The van der Waals surface area contributed by atoms with Gasteiger partial charge in [-0.15, -0.1) is 0 Å². The monoisotopic (exact) mass is 384 g/mol. The second-order valence-corrected chi connectivity index (χ2v) is 7.21.